The third kappa shape index (κ3) is 7.15. The van der Waals surface area contributed by atoms with Crippen molar-refractivity contribution in [2.45, 2.75) is 27.4 Å². The first-order valence-corrected chi connectivity index (χ1v) is 13.7. The Morgan fingerprint density at radius 1 is 1.00 bits per heavy atom. The van der Waals surface area contributed by atoms with Gasteiger partial charge in [-0.2, -0.15) is 0 Å². The molecule has 10 heteroatoms. The van der Waals surface area contributed by atoms with Crippen LogP contribution in [0.25, 0.3) is 6.08 Å². The van der Waals surface area contributed by atoms with Crippen molar-refractivity contribution in [3.05, 3.63) is 91.8 Å². The Labute approximate surface area is 241 Å². The molecule has 0 aliphatic carbocycles. The summed E-state index contributed by atoms with van der Waals surface area (Å²) in [5.74, 6) is -0.00958. The molecular weight excluding hydrogens is 559 g/mol. The molecular formula is C29H26Cl2N2O5S. The summed E-state index contributed by atoms with van der Waals surface area (Å²) in [7, 11) is 0. The Morgan fingerprint density at radius 3 is 2.54 bits per heavy atom. The maximum Gasteiger partial charge on any atom is 0.294 e. The summed E-state index contributed by atoms with van der Waals surface area (Å²) >= 11 is 13.0. The minimum Gasteiger partial charge on any atom is -0.490 e. The standard InChI is InChI=1S/C29H26Cl2N2O5S/c1-4-37-25-12-19(7-10-24(25)38-16-20-8-9-21(30)14-22(20)31)13-26-28(35)33(29(36)39-26)15-27(34)32-23-11-17(2)5-6-18(23)3/h5-14H,4,15-16H2,1-3H3,(H,32,34)/b26-13+. The number of rotatable bonds is 9. The quantitative estimate of drug-likeness (QED) is 0.266. The molecule has 0 radical (unpaired) electrons. The van der Waals surface area contributed by atoms with Crippen LogP contribution in [0, 0.1) is 13.8 Å². The highest BCUT2D eigenvalue weighted by Gasteiger charge is 2.36. The van der Waals surface area contributed by atoms with Crippen LogP contribution < -0.4 is 14.8 Å². The van der Waals surface area contributed by atoms with Gasteiger partial charge >= 0.3 is 0 Å². The van der Waals surface area contributed by atoms with Gasteiger partial charge in [0.25, 0.3) is 11.1 Å². The predicted octanol–water partition coefficient (Wildman–Crippen LogP) is 7.26. The number of aryl methyl sites for hydroxylation is 2. The zero-order valence-corrected chi connectivity index (χ0v) is 23.9. The van der Waals surface area contributed by atoms with Crippen LogP contribution in [0.1, 0.15) is 29.2 Å². The third-order valence-electron chi connectivity index (χ3n) is 5.81. The fraction of sp³-hybridized carbons (Fsp3) is 0.207. The molecule has 0 atom stereocenters. The van der Waals surface area contributed by atoms with Crippen LogP contribution >= 0.6 is 35.0 Å². The van der Waals surface area contributed by atoms with Gasteiger partial charge in [0.1, 0.15) is 13.2 Å². The van der Waals surface area contributed by atoms with E-state index in [0.29, 0.717) is 39.4 Å². The van der Waals surface area contributed by atoms with Crippen molar-refractivity contribution in [1.82, 2.24) is 4.90 Å². The number of ether oxygens (including phenoxy) is 2. The van der Waals surface area contributed by atoms with Gasteiger partial charge in [-0.25, -0.2) is 0 Å². The number of thioether (sulfide) groups is 1. The van der Waals surface area contributed by atoms with Crippen molar-refractivity contribution in [2.24, 2.45) is 0 Å². The van der Waals surface area contributed by atoms with Crippen LogP contribution in [0.3, 0.4) is 0 Å². The van der Waals surface area contributed by atoms with E-state index in [1.807, 2.05) is 39.0 Å². The van der Waals surface area contributed by atoms with Crippen LogP contribution in [-0.4, -0.2) is 35.1 Å². The summed E-state index contributed by atoms with van der Waals surface area (Å²) in [5.41, 5.74) is 3.92. The smallest absolute Gasteiger partial charge is 0.294 e. The maximum absolute atomic E-state index is 13.0. The molecule has 0 unspecified atom stereocenters. The minimum atomic E-state index is -0.531. The van der Waals surface area contributed by atoms with E-state index in [1.165, 1.54) is 0 Å². The van der Waals surface area contributed by atoms with E-state index in [2.05, 4.69) is 5.32 Å². The first kappa shape index (κ1) is 28.5. The fourth-order valence-electron chi connectivity index (χ4n) is 3.79. The van der Waals surface area contributed by atoms with Gasteiger partial charge < -0.3 is 14.8 Å². The number of nitrogens with zero attached hydrogens (tertiary/aromatic N) is 1. The fourth-order valence-corrected chi connectivity index (χ4v) is 5.09. The monoisotopic (exact) mass is 584 g/mol. The number of hydrogen-bond acceptors (Lipinski definition) is 6. The Kier molecular flexibility index (Phi) is 9.22. The molecule has 0 aromatic heterocycles. The van der Waals surface area contributed by atoms with Gasteiger partial charge in [0, 0.05) is 21.3 Å². The van der Waals surface area contributed by atoms with Crippen LogP contribution in [0.5, 0.6) is 11.5 Å². The lowest BCUT2D eigenvalue weighted by Crippen LogP contribution is -2.36. The van der Waals surface area contributed by atoms with Gasteiger partial charge in [0.05, 0.1) is 11.5 Å². The van der Waals surface area contributed by atoms with Crippen LogP contribution in [0.15, 0.2) is 59.5 Å². The van der Waals surface area contributed by atoms with E-state index in [9.17, 15) is 14.4 Å². The summed E-state index contributed by atoms with van der Waals surface area (Å²) < 4.78 is 11.7. The summed E-state index contributed by atoms with van der Waals surface area (Å²) in [6.07, 6.45) is 1.59. The highest BCUT2D eigenvalue weighted by atomic mass is 35.5. The molecule has 1 saturated heterocycles. The van der Waals surface area contributed by atoms with E-state index >= 15 is 0 Å². The molecule has 0 bridgehead atoms. The maximum atomic E-state index is 13.0. The zero-order valence-electron chi connectivity index (χ0n) is 21.5. The minimum absolute atomic E-state index is 0.207. The first-order valence-electron chi connectivity index (χ1n) is 12.1. The molecule has 1 aliphatic rings. The first-order chi connectivity index (χ1) is 18.6. The summed E-state index contributed by atoms with van der Waals surface area (Å²) in [5, 5.41) is 3.31. The van der Waals surface area contributed by atoms with Crippen LogP contribution in [0.2, 0.25) is 10.0 Å². The average molecular weight is 586 g/mol. The number of benzene rings is 3. The topological polar surface area (TPSA) is 84.9 Å². The van der Waals surface area contributed by atoms with Crippen molar-refractivity contribution in [1.29, 1.82) is 0 Å². The van der Waals surface area contributed by atoms with Crippen molar-refractivity contribution in [2.75, 3.05) is 18.5 Å². The Hall–Kier alpha value is -3.46. The number of nitrogens with one attached hydrogen (secondary N) is 1. The Balaban J connectivity index is 1.46. The number of carbonyl (C=O) groups excluding carboxylic acids is 3. The predicted molar refractivity (Wildman–Crippen MR) is 156 cm³/mol. The van der Waals surface area contributed by atoms with E-state index in [1.54, 1.807) is 42.5 Å². The molecule has 3 aromatic rings. The number of halogens is 2. The lowest BCUT2D eigenvalue weighted by atomic mass is 10.1. The highest BCUT2D eigenvalue weighted by Crippen LogP contribution is 2.35. The van der Waals surface area contributed by atoms with Crippen molar-refractivity contribution in [3.8, 4) is 11.5 Å². The summed E-state index contributed by atoms with van der Waals surface area (Å²) in [4.78, 5) is 39.3. The van der Waals surface area contributed by atoms with E-state index in [0.717, 1.165) is 33.4 Å². The van der Waals surface area contributed by atoms with E-state index in [4.69, 9.17) is 32.7 Å². The van der Waals surface area contributed by atoms with E-state index < -0.39 is 17.1 Å². The van der Waals surface area contributed by atoms with Gasteiger partial charge in [-0.15, -0.1) is 0 Å². The molecule has 1 N–H and O–H groups in total. The largest absolute Gasteiger partial charge is 0.490 e. The second-order valence-electron chi connectivity index (χ2n) is 8.80. The number of anilines is 1. The van der Waals surface area contributed by atoms with Crippen LogP contribution in [0.4, 0.5) is 10.5 Å². The zero-order chi connectivity index (χ0) is 28.1. The third-order valence-corrected chi connectivity index (χ3v) is 7.30. The summed E-state index contributed by atoms with van der Waals surface area (Å²) in [6.45, 7) is 5.87. The molecule has 7 nitrogen and oxygen atoms in total. The molecule has 1 heterocycles. The van der Waals surface area contributed by atoms with Gasteiger partial charge in [0.15, 0.2) is 11.5 Å². The number of amides is 3. The molecule has 1 aliphatic heterocycles. The lowest BCUT2D eigenvalue weighted by Gasteiger charge is -2.14. The van der Waals surface area contributed by atoms with Gasteiger partial charge in [-0.3, -0.25) is 19.3 Å². The lowest BCUT2D eigenvalue weighted by molar-refractivity contribution is -0.127. The second kappa shape index (κ2) is 12.6. The average Bonchev–Trinajstić information content (AvgIpc) is 3.14. The molecule has 3 amide bonds. The number of imide groups is 1. The van der Waals surface area contributed by atoms with Crippen molar-refractivity contribution in [3.63, 3.8) is 0 Å². The highest BCUT2D eigenvalue weighted by molar-refractivity contribution is 8.18. The van der Waals surface area contributed by atoms with Crippen molar-refractivity contribution >= 4 is 63.8 Å². The van der Waals surface area contributed by atoms with Crippen LogP contribution in [-0.2, 0) is 16.2 Å². The molecule has 202 valence electrons. The molecule has 0 saturated carbocycles. The van der Waals surface area contributed by atoms with Gasteiger partial charge in [0.2, 0.25) is 5.91 Å². The molecule has 4 rings (SSSR count). The van der Waals surface area contributed by atoms with Crippen molar-refractivity contribution < 1.29 is 23.9 Å². The number of hydrogen-bond donors (Lipinski definition) is 1. The second-order valence-corrected chi connectivity index (χ2v) is 10.6. The van der Waals surface area contributed by atoms with Gasteiger partial charge in [-0.1, -0.05) is 47.5 Å². The number of carbonyl (C=O) groups is 3. The molecule has 3 aromatic carbocycles. The van der Waals surface area contributed by atoms with E-state index in [-0.39, 0.29) is 18.1 Å². The normalized spacial score (nSPS) is 14.2. The SMILES string of the molecule is CCOc1cc(/C=C2/SC(=O)N(CC(=O)Nc3cc(C)ccc3C)C2=O)ccc1OCc1ccc(Cl)cc1Cl. The van der Waals surface area contributed by atoms with Gasteiger partial charge in [-0.05, 0) is 85.6 Å². The summed E-state index contributed by atoms with van der Waals surface area (Å²) in [6, 6.07) is 16.1. The molecule has 1 fully saturated rings. The molecule has 39 heavy (non-hydrogen) atoms. The Bertz CT molecular complexity index is 1470. The Morgan fingerprint density at radius 2 is 1.79 bits per heavy atom. The molecule has 0 spiro atoms.